The van der Waals surface area contributed by atoms with Crippen LogP contribution in [0.3, 0.4) is 0 Å². The number of likely N-dealkylation sites (tertiary alicyclic amines) is 1. The van der Waals surface area contributed by atoms with E-state index < -0.39 is 12.7 Å². The Morgan fingerprint density at radius 1 is 1.24 bits per heavy atom. The summed E-state index contributed by atoms with van der Waals surface area (Å²) in [5.41, 5.74) is 1.72. The maximum atomic E-state index is 12.5. The van der Waals surface area contributed by atoms with Gasteiger partial charge in [-0.1, -0.05) is 19.1 Å². The average Bonchev–Trinajstić information content (AvgIpc) is 3.06. The molecule has 0 aliphatic carbocycles. The van der Waals surface area contributed by atoms with E-state index in [9.17, 15) is 18.0 Å². The van der Waals surface area contributed by atoms with E-state index in [1.54, 1.807) is 0 Å². The smallest absolute Gasteiger partial charge is 0.357 e. The molecule has 1 aromatic rings. The number of carbonyl (C=O) groups is 1. The van der Waals surface area contributed by atoms with Gasteiger partial charge in [0.05, 0.1) is 13.1 Å². The molecule has 0 aromatic heterocycles. The Morgan fingerprint density at radius 3 is 2.59 bits per heavy atom. The second kappa shape index (κ2) is 11.0. The summed E-state index contributed by atoms with van der Waals surface area (Å²) < 4.78 is 37.6. The van der Waals surface area contributed by atoms with Crippen molar-refractivity contribution in [2.45, 2.75) is 51.9 Å². The standard InChI is InChI=1S/C20H30F3N5O/c1-3-5-18(29)26-16-8-6-15(7-9-16)12-25-19(24-4-2)27-17-10-11-28(13-17)14-20(21,22)23/h6-9,17H,3-5,10-14H2,1-2H3,(H,26,29)(H2,24,25,27). The Morgan fingerprint density at radius 2 is 1.97 bits per heavy atom. The summed E-state index contributed by atoms with van der Waals surface area (Å²) in [6, 6.07) is 7.41. The molecule has 0 radical (unpaired) electrons. The van der Waals surface area contributed by atoms with Crippen molar-refractivity contribution in [2.75, 3.05) is 31.5 Å². The number of nitrogens with zero attached hydrogens (tertiary/aromatic N) is 2. The van der Waals surface area contributed by atoms with Crippen molar-refractivity contribution in [1.29, 1.82) is 0 Å². The number of benzene rings is 1. The molecule has 1 fully saturated rings. The van der Waals surface area contributed by atoms with E-state index in [1.165, 1.54) is 4.90 Å². The minimum atomic E-state index is -4.17. The molecular weight excluding hydrogens is 383 g/mol. The highest BCUT2D eigenvalue weighted by atomic mass is 19.4. The van der Waals surface area contributed by atoms with Crippen LogP contribution in [0.4, 0.5) is 18.9 Å². The van der Waals surface area contributed by atoms with Gasteiger partial charge in [0, 0.05) is 37.8 Å². The van der Waals surface area contributed by atoms with Crippen molar-refractivity contribution in [3.05, 3.63) is 29.8 Å². The topological polar surface area (TPSA) is 68.8 Å². The number of hydrogen-bond acceptors (Lipinski definition) is 3. The number of rotatable bonds is 8. The predicted molar refractivity (Wildman–Crippen MR) is 109 cm³/mol. The maximum Gasteiger partial charge on any atom is 0.401 e. The fourth-order valence-electron chi connectivity index (χ4n) is 3.18. The van der Waals surface area contributed by atoms with Gasteiger partial charge in [-0.15, -0.1) is 0 Å². The van der Waals surface area contributed by atoms with E-state index in [0.717, 1.165) is 17.7 Å². The largest absolute Gasteiger partial charge is 0.401 e. The number of halogens is 3. The van der Waals surface area contributed by atoms with Crippen LogP contribution in [-0.4, -0.2) is 55.2 Å². The number of hydrogen-bond donors (Lipinski definition) is 3. The monoisotopic (exact) mass is 413 g/mol. The van der Waals surface area contributed by atoms with E-state index in [1.807, 2.05) is 38.1 Å². The van der Waals surface area contributed by atoms with Gasteiger partial charge in [0.15, 0.2) is 5.96 Å². The van der Waals surface area contributed by atoms with Gasteiger partial charge in [-0.25, -0.2) is 4.99 Å². The normalized spacial score (nSPS) is 18.0. The number of alkyl halides is 3. The Kier molecular flexibility index (Phi) is 8.75. The van der Waals surface area contributed by atoms with Crippen molar-refractivity contribution >= 4 is 17.6 Å². The van der Waals surface area contributed by atoms with Gasteiger partial charge in [-0.05, 0) is 37.5 Å². The zero-order chi connectivity index (χ0) is 21.3. The Labute approximate surface area is 169 Å². The fraction of sp³-hybridized carbons (Fsp3) is 0.600. The first-order chi connectivity index (χ1) is 13.8. The van der Waals surface area contributed by atoms with Crippen LogP contribution in [0.5, 0.6) is 0 Å². The number of guanidine groups is 1. The van der Waals surface area contributed by atoms with Crippen LogP contribution in [0.25, 0.3) is 0 Å². The molecule has 1 unspecified atom stereocenters. The SMILES string of the molecule is CCCC(=O)Nc1ccc(CN=C(NCC)NC2CCN(CC(F)(F)F)C2)cc1. The third-order valence-electron chi connectivity index (χ3n) is 4.49. The van der Waals surface area contributed by atoms with Gasteiger partial charge < -0.3 is 16.0 Å². The summed E-state index contributed by atoms with van der Waals surface area (Å²) in [5.74, 6) is 0.583. The fourth-order valence-corrected chi connectivity index (χ4v) is 3.18. The highest BCUT2D eigenvalue weighted by Gasteiger charge is 2.34. The molecule has 0 bridgehead atoms. The van der Waals surface area contributed by atoms with Gasteiger partial charge in [0.25, 0.3) is 0 Å². The molecule has 0 spiro atoms. The van der Waals surface area contributed by atoms with Crippen molar-refractivity contribution in [2.24, 2.45) is 4.99 Å². The quantitative estimate of drug-likeness (QED) is 0.453. The van der Waals surface area contributed by atoms with E-state index in [-0.39, 0.29) is 11.9 Å². The zero-order valence-electron chi connectivity index (χ0n) is 17.0. The van der Waals surface area contributed by atoms with Gasteiger partial charge in [0.1, 0.15) is 0 Å². The van der Waals surface area contributed by atoms with Crippen molar-refractivity contribution in [1.82, 2.24) is 15.5 Å². The Balaban J connectivity index is 1.88. The summed E-state index contributed by atoms with van der Waals surface area (Å²) in [7, 11) is 0. The maximum absolute atomic E-state index is 12.5. The minimum Gasteiger partial charge on any atom is -0.357 e. The van der Waals surface area contributed by atoms with Crippen LogP contribution in [0.15, 0.2) is 29.3 Å². The summed E-state index contributed by atoms with van der Waals surface area (Å²) in [6.07, 6.45) is -2.23. The molecule has 3 N–H and O–H groups in total. The molecular formula is C20H30F3N5O. The van der Waals surface area contributed by atoms with E-state index >= 15 is 0 Å². The molecule has 1 aromatic carbocycles. The lowest BCUT2D eigenvalue weighted by Gasteiger charge is -2.19. The lowest BCUT2D eigenvalue weighted by atomic mass is 10.2. The number of nitrogens with one attached hydrogen (secondary N) is 3. The van der Waals surface area contributed by atoms with Crippen LogP contribution in [-0.2, 0) is 11.3 Å². The first-order valence-corrected chi connectivity index (χ1v) is 10.0. The first-order valence-electron chi connectivity index (χ1n) is 10.0. The highest BCUT2D eigenvalue weighted by molar-refractivity contribution is 5.90. The summed E-state index contributed by atoms with van der Waals surface area (Å²) in [6.45, 7) is 4.87. The van der Waals surface area contributed by atoms with E-state index in [2.05, 4.69) is 20.9 Å². The Hall–Kier alpha value is -2.29. The first kappa shape index (κ1) is 23.0. The van der Waals surface area contributed by atoms with Crippen LogP contribution >= 0.6 is 0 Å². The lowest BCUT2D eigenvalue weighted by Crippen LogP contribution is -2.45. The van der Waals surface area contributed by atoms with Crippen LogP contribution in [0, 0.1) is 0 Å². The molecule has 2 rings (SSSR count). The van der Waals surface area contributed by atoms with E-state index in [0.29, 0.717) is 45.0 Å². The molecule has 1 atom stereocenters. The van der Waals surface area contributed by atoms with Gasteiger partial charge in [0.2, 0.25) is 5.91 Å². The number of aliphatic imine (C=N–C) groups is 1. The molecule has 1 aliphatic heterocycles. The number of amides is 1. The van der Waals surface area contributed by atoms with Gasteiger partial charge in [-0.2, -0.15) is 13.2 Å². The molecule has 1 heterocycles. The molecule has 29 heavy (non-hydrogen) atoms. The summed E-state index contributed by atoms with van der Waals surface area (Å²) in [4.78, 5) is 17.6. The second-order valence-corrected chi connectivity index (χ2v) is 7.17. The van der Waals surface area contributed by atoms with Gasteiger partial charge in [-0.3, -0.25) is 9.69 Å². The van der Waals surface area contributed by atoms with Crippen LogP contribution in [0.1, 0.15) is 38.7 Å². The predicted octanol–water partition coefficient (Wildman–Crippen LogP) is 3.12. The highest BCUT2D eigenvalue weighted by Crippen LogP contribution is 2.20. The van der Waals surface area contributed by atoms with E-state index in [4.69, 9.17) is 0 Å². The molecule has 9 heteroatoms. The molecule has 1 aliphatic rings. The van der Waals surface area contributed by atoms with Crippen molar-refractivity contribution in [3.8, 4) is 0 Å². The lowest BCUT2D eigenvalue weighted by molar-refractivity contribution is -0.143. The minimum absolute atomic E-state index is 0.00645. The van der Waals surface area contributed by atoms with Gasteiger partial charge >= 0.3 is 6.18 Å². The number of anilines is 1. The average molecular weight is 413 g/mol. The van der Waals surface area contributed by atoms with Crippen molar-refractivity contribution in [3.63, 3.8) is 0 Å². The molecule has 6 nitrogen and oxygen atoms in total. The zero-order valence-corrected chi connectivity index (χ0v) is 17.0. The second-order valence-electron chi connectivity index (χ2n) is 7.17. The molecule has 162 valence electrons. The summed E-state index contributed by atoms with van der Waals surface area (Å²) >= 11 is 0. The Bertz CT molecular complexity index is 676. The summed E-state index contributed by atoms with van der Waals surface area (Å²) in [5, 5.41) is 9.20. The third-order valence-corrected chi connectivity index (χ3v) is 4.49. The number of carbonyl (C=O) groups excluding carboxylic acids is 1. The molecule has 1 saturated heterocycles. The van der Waals surface area contributed by atoms with Crippen LogP contribution < -0.4 is 16.0 Å². The van der Waals surface area contributed by atoms with Crippen molar-refractivity contribution < 1.29 is 18.0 Å². The third kappa shape index (κ3) is 8.72. The van der Waals surface area contributed by atoms with Crippen LogP contribution in [0.2, 0.25) is 0 Å². The molecule has 1 amide bonds. The molecule has 0 saturated carbocycles.